The lowest BCUT2D eigenvalue weighted by molar-refractivity contribution is 0.143. The number of rotatable bonds is 10. The fraction of sp³-hybridized carbons (Fsp3) is 0.737. The van der Waals surface area contributed by atoms with Gasteiger partial charge in [0.2, 0.25) is 0 Å². The van der Waals surface area contributed by atoms with Crippen LogP contribution in [0.3, 0.4) is 0 Å². The number of ether oxygens (including phenoxy) is 1. The fourth-order valence-corrected chi connectivity index (χ4v) is 3.79. The summed E-state index contributed by atoms with van der Waals surface area (Å²) in [4.78, 5) is 26.0. The third-order valence-electron chi connectivity index (χ3n) is 5.48. The Morgan fingerprint density at radius 1 is 1.25 bits per heavy atom. The molecule has 9 heteroatoms. The molecule has 0 bridgehead atoms. The summed E-state index contributed by atoms with van der Waals surface area (Å²) in [7, 11) is 0. The van der Waals surface area contributed by atoms with Crippen molar-refractivity contribution in [3.8, 4) is 6.01 Å². The van der Waals surface area contributed by atoms with Gasteiger partial charge in [0.05, 0.1) is 13.2 Å². The lowest BCUT2D eigenvalue weighted by Crippen LogP contribution is -2.35. The summed E-state index contributed by atoms with van der Waals surface area (Å²) >= 11 is 0. The van der Waals surface area contributed by atoms with Gasteiger partial charge in [0.25, 0.3) is 0 Å². The number of hydrogen-bond acceptors (Lipinski definition) is 7. The van der Waals surface area contributed by atoms with Crippen LogP contribution in [-0.4, -0.2) is 62.4 Å². The van der Waals surface area contributed by atoms with Crippen LogP contribution < -0.4 is 16.2 Å². The number of hydrogen-bond donors (Lipinski definition) is 3. The van der Waals surface area contributed by atoms with E-state index in [9.17, 15) is 4.79 Å². The molecule has 3 heterocycles. The van der Waals surface area contributed by atoms with E-state index in [2.05, 4.69) is 26.8 Å². The van der Waals surface area contributed by atoms with E-state index in [4.69, 9.17) is 15.6 Å². The maximum absolute atomic E-state index is 12.4. The number of aromatic nitrogens is 4. The van der Waals surface area contributed by atoms with Gasteiger partial charge < -0.3 is 25.5 Å². The minimum atomic E-state index is -0.209. The van der Waals surface area contributed by atoms with Crippen molar-refractivity contribution in [2.24, 2.45) is 5.92 Å². The van der Waals surface area contributed by atoms with Gasteiger partial charge in [-0.25, -0.2) is 4.79 Å². The number of aliphatic hydroxyl groups is 1. The lowest BCUT2D eigenvalue weighted by Gasteiger charge is -2.31. The Labute approximate surface area is 164 Å². The number of fused-ring (bicyclic) bond motifs is 1. The van der Waals surface area contributed by atoms with Gasteiger partial charge in [-0.15, -0.1) is 0 Å². The molecule has 28 heavy (non-hydrogen) atoms. The number of nitrogen functional groups attached to an aromatic ring is 1. The van der Waals surface area contributed by atoms with E-state index in [1.54, 1.807) is 4.57 Å². The zero-order chi connectivity index (χ0) is 19.9. The smallest absolute Gasteiger partial charge is 0.327 e. The second kappa shape index (κ2) is 9.88. The van der Waals surface area contributed by atoms with Crippen LogP contribution in [0.5, 0.6) is 6.01 Å². The molecule has 0 unspecified atom stereocenters. The molecule has 1 saturated heterocycles. The largest absolute Gasteiger partial charge is 0.463 e. The van der Waals surface area contributed by atoms with E-state index in [1.807, 2.05) is 0 Å². The number of β-amino-alcohol motifs (C(OH)–C–C–N with tert-alkyl or cyclic N) is 1. The van der Waals surface area contributed by atoms with Crippen molar-refractivity contribution >= 4 is 17.0 Å². The zero-order valence-corrected chi connectivity index (χ0v) is 16.7. The minimum absolute atomic E-state index is 0.209. The highest BCUT2D eigenvalue weighted by Crippen LogP contribution is 2.23. The average Bonchev–Trinajstić information content (AvgIpc) is 3.00. The molecule has 0 atom stereocenters. The molecule has 0 aliphatic carbocycles. The maximum Gasteiger partial charge on any atom is 0.327 e. The van der Waals surface area contributed by atoms with Gasteiger partial charge in [-0.2, -0.15) is 9.97 Å². The Kier molecular flexibility index (Phi) is 7.27. The first-order chi connectivity index (χ1) is 13.6. The van der Waals surface area contributed by atoms with Crippen LogP contribution in [0.4, 0.5) is 5.82 Å². The summed E-state index contributed by atoms with van der Waals surface area (Å²) in [5, 5.41) is 9.04. The minimum Gasteiger partial charge on any atom is -0.463 e. The van der Waals surface area contributed by atoms with E-state index < -0.39 is 0 Å². The molecule has 1 fully saturated rings. The van der Waals surface area contributed by atoms with Crippen LogP contribution in [0.2, 0.25) is 0 Å². The number of aromatic amines is 1. The molecular formula is C19H32N6O3. The van der Waals surface area contributed by atoms with E-state index in [0.29, 0.717) is 30.2 Å². The van der Waals surface area contributed by atoms with Gasteiger partial charge in [0.1, 0.15) is 5.52 Å². The molecule has 0 saturated carbocycles. The monoisotopic (exact) mass is 392 g/mol. The summed E-state index contributed by atoms with van der Waals surface area (Å²) in [5.74, 6) is 0.909. The highest BCUT2D eigenvalue weighted by Gasteiger charge is 2.19. The van der Waals surface area contributed by atoms with Crippen molar-refractivity contribution < 1.29 is 9.84 Å². The number of aliphatic hydroxyl groups excluding tert-OH is 1. The molecule has 0 aromatic carbocycles. The molecule has 2 aromatic rings. The number of nitrogens with one attached hydrogen (secondary N) is 1. The fourth-order valence-electron chi connectivity index (χ4n) is 3.79. The normalized spacial score (nSPS) is 16.1. The Bertz CT molecular complexity index is 810. The van der Waals surface area contributed by atoms with Crippen molar-refractivity contribution in [1.29, 1.82) is 0 Å². The van der Waals surface area contributed by atoms with Crippen molar-refractivity contribution in [2.45, 2.75) is 52.0 Å². The van der Waals surface area contributed by atoms with Crippen LogP contribution in [0.25, 0.3) is 11.2 Å². The second-order valence-electron chi connectivity index (χ2n) is 7.52. The maximum atomic E-state index is 12.4. The first-order valence-corrected chi connectivity index (χ1v) is 10.3. The molecular weight excluding hydrogens is 360 g/mol. The molecule has 1 aliphatic heterocycles. The predicted molar refractivity (Wildman–Crippen MR) is 108 cm³/mol. The third kappa shape index (κ3) is 5.02. The van der Waals surface area contributed by atoms with Crippen molar-refractivity contribution in [1.82, 2.24) is 24.4 Å². The number of H-pyrrole nitrogens is 1. The van der Waals surface area contributed by atoms with Gasteiger partial charge in [0, 0.05) is 13.1 Å². The molecule has 1 aliphatic rings. The Hall–Kier alpha value is -2.13. The van der Waals surface area contributed by atoms with E-state index in [-0.39, 0.29) is 24.1 Å². The Morgan fingerprint density at radius 3 is 2.75 bits per heavy atom. The van der Waals surface area contributed by atoms with Crippen LogP contribution in [0, 0.1) is 5.92 Å². The molecule has 156 valence electrons. The average molecular weight is 393 g/mol. The van der Waals surface area contributed by atoms with Crippen molar-refractivity contribution in [3.63, 3.8) is 0 Å². The molecule has 3 rings (SSSR count). The summed E-state index contributed by atoms with van der Waals surface area (Å²) in [6.45, 7) is 6.29. The molecule has 2 aromatic heterocycles. The van der Waals surface area contributed by atoms with E-state index >= 15 is 0 Å². The summed E-state index contributed by atoms with van der Waals surface area (Å²) in [6, 6.07) is 0.224. The topological polar surface area (TPSA) is 122 Å². The van der Waals surface area contributed by atoms with Gasteiger partial charge in [-0.1, -0.05) is 13.3 Å². The molecule has 0 radical (unpaired) electrons. The number of imidazole rings is 1. The van der Waals surface area contributed by atoms with E-state index in [0.717, 1.165) is 58.2 Å². The number of unbranched alkanes of at least 4 members (excludes halogenated alkanes) is 1. The summed E-state index contributed by atoms with van der Waals surface area (Å²) < 4.78 is 7.22. The molecule has 0 spiro atoms. The van der Waals surface area contributed by atoms with Crippen LogP contribution in [-0.2, 0) is 6.54 Å². The first-order valence-electron chi connectivity index (χ1n) is 10.3. The van der Waals surface area contributed by atoms with Crippen LogP contribution in [0.15, 0.2) is 4.79 Å². The van der Waals surface area contributed by atoms with Gasteiger partial charge in [-0.05, 0) is 51.1 Å². The lowest BCUT2D eigenvalue weighted by atomic mass is 9.92. The third-order valence-corrected chi connectivity index (χ3v) is 5.48. The molecule has 9 nitrogen and oxygen atoms in total. The number of aryl methyl sites for hydroxylation is 1. The number of nitrogens with zero attached hydrogens (tertiary/aromatic N) is 4. The highest BCUT2D eigenvalue weighted by molar-refractivity contribution is 5.81. The first kappa shape index (κ1) is 20.6. The number of anilines is 1. The van der Waals surface area contributed by atoms with Gasteiger partial charge >= 0.3 is 11.7 Å². The molecule has 4 N–H and O–H groups in total. The second-order valence-corrected chi connectivity index (χ2v) is 7.52. The van der Waals surface area contributed by atoms with E-state index in [1.165, 1.54) is 0 Å². The van der Waals surface area contributed by atoms with Gasteiger partial charge in [0.15, 0.2) is 11.5 Å². The SMILES string of the molecule is CCCCOc1nc(N)c2[nH]c(=O)n(CCCC3CCN(CCO)CC3)c2n1. The van der Waals surface area contributed by atoms with Gasteiger partial charge in [-0.3, -0.25) is 4.57 Å². The Balaban J connectivity index is 1.61. The number of nitrogens with two attached hydrogens (primary N) is 1. The van der Waals surface area contributed by atoms with Crippen LogP contribution in [0.1, 0.15) is 45.4 Å². The predicted octanol–water partition coefficient (Wildman–Crippen LogP) is 1.37. The molecule has 0 amide bonds. The zero-order valence-electron chi connectivity index (χ0n) is 16.7. The summed E-state index contributed by atoms with van der Waals surface area (Å²) in [6.07, 6.45) is 6.21. The number of likely N-dealkylation sites (tertiary alicyclic amines) is 1. The standard InChI is InChI=1S/C19H32N6O3/c1-2-3-13-28-18-22-16(20)15-17(23-18)25(19(27)21-15)8-4-5-14-6-9-24(10-7-14)11-12-26/h14,26H,2-13H2,1H3,(H,21,27)(H2,20,22,23). The summed E-state index contributed by atoms with van der Waals surface area (Å²) in [5.41, 5.74) is 6.77. The Morgan fingerprint density at radius 2 is 2.04 bits per heavy atom. The quantitative estimate of drug-likeness (QED) is 0.522. The van der Waals surface area contributed by atoms with Crippen molar-refractivity contribution in [2.75, 3.05) is 38.6 Å². The number of piperidine rings is 1. The van der Waals surface area contributed by atoms with Crippen molar-refractivity contribution in [3.05, 3.63) is 10.5 Å². The highest BCUT2D eigenvalue weighted by atomic mass is 16.5. The van der Waals surface area contributed by atoms with Crippen LogP contribution >= 0.6 is 0 Å².